The maximum absolute atomic E-state index is 11.5. The second-order valence-corrected chi connectivity index (χ2v) is 3.58. The van der Waals surface area contributed by atoms with E-state index >= 15 is 0 Å². The molecule has 1 aromatic carbocycles. The molecule has 0 fully saturated rings. The normalized spacial score (nSPS) is 11.5. The number of hydrogen-bond donors (Lipinski definition) is 0. The van der Waals surface area contributed by atoms with Crippen LogP contribution < -0.4 is 0 Å². The molecule has 3 heteroatoms. The van der Waals surface area contributed by atoms with Gasteiger partial charge in [-0.05, 0) is 18.6 Å². The maximum Gasteiger partial charge on any atom is 0.338 e. The fourth-order valence-electron chi connectivity index (χ4n) is 1.37. The van der Waals surface area contributed by atoms with Gasteiger partial charge in [0.25, 0.3) is 0 Å². The van der Waals surface area contributed by atoms with Gasteiger partial charge in [-0.2, -0.15) is 5.26 Å². The van der Waals surface area contributed by atoms with Crippen LogP contribution in [0.15, 0.2) is 30.3 Å². The molecule has 1 aromatic rings. The smallest absolute Gasteiger partial charge is 0.338 e. The molecule has 1 unspecified atom stereocenters. The molecule has 0 aromatic heterocycles. The van der Waals surface area contributed by atoms with E-state index in [9.17, 15) is 4.79 Å². The molecular weight excluding hydrogens is 202 g/mol. The number of carbonyl (C=O) groups excluding carboxylic acids is 1. The van der Waals surface area contributed by atoms with Crippen molar-refractivity contribution in [2.24, 2.45) is 5.92 Å². The van der Waals surface area contributed by atoms with Crippen molar-refractivity contribution < 1.29 is 9.53 Å². The topological polar surface area (TPSA) is 50.1 Å². The zero-order valence-electron chi connectivity index (χ0n) is 9.35. The van der Waals surface area contributed by atoms with Crippen molar-refractivity contribution in [3.05, 3.63) is 35.9 Å². The first-order valence-electron chi connectivity index (χ1n) is 5.39. The number of benzene rings is 1. The molecular formula is C13H15NO2. The first-order valence-corrected chi connectivity index (χ1v) is 5.39. The lowest BCUT2D eigenvalue weighted by Crippen LogP contribution is -2.13. The molecule has 0 aliphatic heterocycles. The second kappa shape index (κ2) is 6.62. The van der Waals surface area contributed by atoms with E-state index in [0.717, 1.165) is 12.8 Å². The number of nitriles is 1. The summed E-state index contributed by atoms with van der Waals surface area (Å²) in [5, 5.41) is 8.80. The Morgan fingerprint density at radius 2 is 2.12 bits per heavy atom. The molecule has 84 valence electrons. The van der Waals surface area contributed by atoms with Crippen LogP contribution in [0.4, 0.5) is 0 Å². The molecule has 0 radical (unpaired) electrons. The van der Waals surface area contributed by atoms with Gasteiger partial charge in [-0.15, -0.1) is 0 Å². The lowest BCUT2D eigenvalue weighted by Gasteiger charge is -2.08. The Hall–Kier alpha value is -1.82. The number of carbonyl (C=O) groups is 1. The Labute approximate surface area is 95.7 Å². The first kappa shape index (κ1) is 12.3. The van der Waals surface area contributed by atoms with Crippen LogP contribution in [0.2, 0.25) is 0 Å². The van der Waals surface area contributed by atoms with Crippen LogP contribution in [0.5, 0.6) is 0 Å². The monoisotopic (exact) mass is 217 g/mol. The molecule has 0 N–H and O–H groups in total. The zero-order chi connectivity index (χ0) is 11.8. The Bertz CT molecular complexity index is 367. The van der Waals surface area contributed by atoms with Crippen LogP contribution in [0.25, 0.3) is 0 Å². The molecule has 0 spiro atoms. The van der Waals surface area contributed by atoms with Crippen molar-refractivity contribution in [2.45, 2.75) is 19.8 Å². The second-order valence-electron chi connectivity index (χ2n) is 3.58. The lowest BCUT2D eigenvalue weighted by atomic mass is 10.1. The van der Waals surface area contributed by atoms with E-state index in [-0.39, 0.29) is 18.5 Å². The van der Waals surface area contributed by atoms with E-state index in [2.05, 4.69) is 6.07 Å². The summed E-state index contributed by atoms with van der Waals surface area (Å²) in [6, 6.07) is 10.9. The number of rotatable bonds is 5. The van der Waals surface area contributed by atoms with Crippen molar-refractivity contribution in [2.75, 3.05) is 6.61 Å². The molecule has 0 saturated carbocycles. The van der Waals surface area contributed by atoms with Gasteiger partial charge in [0, 0.05) is 0 Å². The van der Waals surface area contributed by atoms with Crippen molar-refractivity contribution in [3.8, 4) is 6.07 Å². The van der Waals surface area contributed by atoms with Crippen LogP contribution in [0.1, 0.15) is 30.1 Å². The van der Waals surface area contributed by atoms with Crippen molar-refractivity contribution in [1.82, 2.24) is 0 Å². The number of nitrogens with zero attached hydrogens (tertiary/aromatic N) is 1. The average Bonchev–Trinajstić information content (AvgIpc) is 2.35. The number of hydrogen-bond acceptors (Lipinski definition) is 3. The maximum atomic E-state index is 11.5. The minimum Gasteiger partial charge on any atom is -0.461 e. The van der Waals surface area contributed by atoms with Crippen LogP contribution in [-0.4, -0.2) is 12.6 Å². The third-order valence-corrected chi connectivity index (χ3v) is 2.24. The molecule has 0 aliphatic carbocycles. The summed E-state index contributed by atoms with van der Waals surface area (Å²) in [5.41, 5.74) is 0.524. The van der Waals surface area contributed by atoms with Gasteiger partial charge in [0.1, 0.15) is 6.61 Å². The average molecular weight is 217 g/mol. The van der Waals surface area contributed by atoms with Crippen LogP contribution in [0.3, 0.4) is 0 Å². The van der Waals surface area contributed by atoms with E-state index in [4.69, 9.17) is 10.00 Å². The quantitative estimate of drug-likeness (QED) is 0.712. The summed E-state index contributed by atoms with van der Waals surface area (Å²) >= 11 is 0. The zero-order valence-corrected chi connectivity index (χ0v) is 9.35. The van der Waals surface area contributed by atoms with Crippen LogP contribution in [-0.2, 0) is 4.74 Å². The van der Waals surface area contributed by atoms with E-state index in [1.807, 2.05) is 13.0 Å². The minimum atomic E-state index is -0.364. The minimum absolute atomic E-state index is 0.179. The summed E-state index contributed by atoms with van der Waals surface area (Å²) in [4.78, 5) is 11.5. The van der Waals surface area contributed by atoms with E-state index < -0.39 is 0 Å². The van der Waals surface area contributed by atoms with Crippen LogP contribution >= 0.6 is 0 Å². The fraction of sp³-hybridized carbons (Fsp3) is 0.385. The molecule has 0 saturated heterocycles. The van der Waals surface area contributed by atoms with Gasteiger partial charge >= 0.3 is 5.97 Å². The Morgan fingerprint density at radius 3 is 2.69 bits per heavy atom. The molecule has 0 aliphatic rings. The highest BCUT2D eigenvalue weighted by atomic mass is 16.5. The van der Waals surface area contributed by atoms with Gasteiger partial charge in [-0.25, -0.2) is 4.79 Å². The summed E-state index contributed by atoms with van der Waals surface area (Å²) in [5.74, 6) is -0.561. The van der Waals surface area contributed by atoms with Gasteiger partial charge in [-0.3, -0.25) is 0 Å². The standard InChI is InChI=1S/C13H15NO2/c1-2-6-11(9-14)10-16-13(15)12-7-4-3-5-8-12/h3-5,7-8,11H,2,6,10H2,1H3. The van der Waals surface area contributed by atoms with E-state index in [0.29, 0.717) is 5.56 Å². The number of ether oxygens (including phenoxy) is 1. The third kappa shape index (κ3) is 3.74. The first-order chi connectivity index (χ1) is 7.77. The third-order valence-electron chi connectivity index (χ3n) is 2.24. The van der Waals surface area contributed by atoms with Crippen molar-refractivity contribution in [3.63, 3.8) is 0 Å². The highest BCUT2D eigenvalue weighted by Gasteiger charge is 2.11. The Kier molecular flexibility index (Phi) is 5.07. The van der Waals surface area contributed by atoms with Gasteiger partial charge in [0.15, 0.2) is 0 Å². The highest BCUT2D eigenvalue weighted by molar-refractivity contribution is 5.89. The summed E-state index contributed by atoms with van der Waals surface area (Å²) in [6.07, 6.45) is 1.68. The molecule has 16 heavy (non-hydrogen) atoms. The summed E-state index contributed by atoms with van der Waals surface area (Å²) < 4.78 is 5.07. The highest BCUT2D eigenvalue weighted by Crippen LogP contribution is 2.07. The Balaban J connectivity index is 2.44. The summed E-state index contributed by atoms with van der Waals surface area (Å²) in [7, 11) is 0. The molecule has 1 atom stereocenters. The fourth-order valence-corrected chi connectivity index (χ4v) is 1.37. The van der Waals surface area contributed by atoms with Crippen LogP contribution in [0, 0.1) is 17.2 Å². The van der Waals surface area contributed by atoms with E-state index in [1.165, 1.54) is 0 Å². The summed E-state index contributed by atoms with van der Waals surface area (Å²) in [6.45, 7) is 2.18. The van der Waals surface area contributed by atoms with Gasteiger partial charge < -0.3 is 4.74 Å². The van der Waals surface area contributed by atoms with Gasteiger partial charge in [-0.1, -0.05) is 31.5 Å². The van der Waals surface area contributed by atoms with Gasteiger partial charge in [0.05, 0.1) is 17.6 Å². The predicted octanol–water partition coefficient (Wildman–Crippen LogP) is 2.78. The lowest BCUT2D eigenvalue weighted by molar-refractivity contribution is 0.0464. The van der Waals surface area contributed by atoms with E-state index in [1.54, 1.807) is 24.3 Å². The predicted molar refractivity (Wildman–Crippen MR) is 60.7 cm³/mol. The molecule has 0 amide bonds. The molecule has 3 nitrogen and oxygen atoms in total. The SMILES string of the molecule is CCCC(C#N)COC(=O)c1ccccc1. The number of esters is 1. The molecule has 0 heterocycles. The van der Waals surface area contributed by atoms with Gasteiger partial charge in [0.2, 0.25) is 0 Å². The van der Waals surface area contributed by atoms with Crippen molar-refractivity contribution >= 4 is 5.97 Å². The molecule has 1 rings (SSSR count). The Morgan fingerprint density at radius 1 is 1.44 bits per heavy atom. The molecule has 0 bridgehead atoms. The largest absolute Gasteiger partial charge is 0.461 e. The van der Waals surface area contributed by atoms with Crippen molar-refractivity contribution in [1.29, 1.82) is 5.26 Å².